The van der Waals surface area contributed by atoms with Gasteiger partial charge in [-0.1, -0.05) is 25.1 Å². The van der Waals surface area contributed by atoms with Gasteiger partial charge in [-0.3, -0.25) is 0 Å². The lowest BCUT2D eigenvalue weighted by Crippen LogP contribution is -2.28. The van der Waals surface area contributed by atoms with Crippen LogP contribution in [0.1, 0.15) is 18.9 Å². The molecule has 2 aromatic rings. The number of hydrogen-bond donors (Lipinski definition) is 1. The van der Waals surface area contributed by atoms with Crippen LogP contribution < -0.4 is 5.32 Å². The average molecular weight is 315 g/mol. The molecule has 0 saturated heterocycles. The molecule has 1 N–H and O–H groups in total. The maximum absolute atomic E-state index is 12.4. The number of pyridine rings is 1. The average Bonchev–Trinajstić information content (AvgIpc) is 2.55. The van der Waals surface area contributed by atoms with Crippen molar-refractivity contribution in [3.63, 3.8) is 0 Å². The Morgan fingerprint density at radius 2 is 1.95 bits per heavy atom. The number of nitrogens with one attached hydrogen (secondary N) is 1. The molecule has 0 aliphatic heterocycles. The number of nitriles is 1. The van der Waals surface area contributed by atoms with Crippen LogP contribution in [0.4, 0.5) is 5.82 Å². The summed E-state index contributed by atoms with van der Waals surface area (Å²) in [5, 5.41) is 11.9. The van der Waals surface area contributed by atoms with Crippen molar-refractivity contribution in [1.29, 1.82) is 5.26 Å². The van der Waals surface area contributed by atoms with Gasteiger partial charge >= 0.3 is 0 Å². The van der Waals surface area contributed by atoms with E-state index >= 15 is 0 Å². The van der Waals surface area contributed by atoms with Crippen molar-refractivity contribution in [3.8, 4) is 6.07 Å². The quantitative estimate of drug-likeness (QED) is 0.886. The zero-order chi connectivity index (χ0) is 16.0. The number of benzene rings is 1. The summed E-state index contributed by atoms with van der Waals surface area (Å²) in [7, 11) is -3.35. The fourth-order valence-electron chi connectivity index (χ4n) is 2.01. The molecular formula is C16H17N3O2S. The maximum Gasteiger partial charge on any atom is 0.180 e. The largest absolute Gasteiger partial charge is 0.366 e. The van der Waals surface area contributed by atoms with E-state index in [1.165, 1.54) is 6.20 Å². The summed E-state index contributed by atoms with van der Waals surface area (Å²) < 4.78 is 24.8. The third kappa shape index (κ3) is 4.06. The van der Waals surface area contributed by atoms with E-state index in [9.17, 15) is 8.42 Å². The van der Waals surface area contributed by atoms with Crippen LogP contribution in [0.3, 0.4) is 0 Å². The van der Waals surface area contributed by atoms with Crippen LogP contribution in [0.2, 0.25) is 0 Å². The van der Waals surface area contributed by atoms with E-state index in [2.05, 4.69) is 10.3 Å². The van der Waals surface area contributed by atoms with E-state index in [0.717, 1.165) is 0 Å². The molecule has 0 amide bonds. The Morgan fingerprint density at radius 3 is 2.50 bits per heavy atom. The third-order valence-electron chi connectivity index (χ3n) is 3.26. The van der Waals surface area contributed by atoms with Gasteiger partial charge in [0.05, 0.1) is 16.2 Å². The number of sulfone groups is 1. The van der Waals surface area contributed by atoms with Crippen LogP contribution in [-0.2, 0) is 9.84 Å². The van der Waals surface area contributed by atoms with Gasteiger partial charge < -0.3 is 5.32 Å². The van der Waals surface area contributed by atoms with Gasteiger partial charge in [0.2, 0.25) is 0 Å². The van der Waals surface area contributed by atoms with Crippen LogP contribution in [0.25, 0.3) is 0 Å². The minimum atomic E-state index is -3.35. The van der Waals surface area contributed by atoms with E-state index < -0.39 is 9.84 Å². The molecule has 6 heteroatoms. The lowest BCUT2D eigenvalue weighted by atomic mass is 10.2. The molecule has 0 fully saturated rings. The highest BCUT2D eigenvalue weighted by atomic mass is 32.2. The van der Waals surface area contributed by atoms with Gasteiger partial charge in [-0.15, -0.1) is 0 Å². The van der Waals surface area contributed by atoms with Crippen molar-refractivity contribution in [2.45, 2.75) is 24.3 Å². The molecule has 0 aliphatic rings. The minimum Gasteiger partial charge on any atom is -0.366 e. The number of hydrogen-bond acceptors (Lipinski definition) is 5. The fraction of sp³-hybridized carbons (Fsp3) is 0.250. The smallest absolute Gasteiger partial charge is 0.180 e. The zero-order valence-corrected chi connectivity index (χ0v) is 13.0. The van der Waals surface area contributed by atoms with Gasteiger partial charge in [0.15, 0.2) is 9.84 Å². The van der Waals surface area contributed by atoms with Crippen LogP contribution >= 0.6 is 0 Å². The molecular weight excluding hydrogens is 298 g/mol. The molecule has 0 aliphatic carbocycles. The molecule has 114 valence electrons. The summed E-state index contributed by atoms with van der Waals surface area (Å²) in [6.07, 6.45) is 2.11. The number of anilines is 1. The van der Waals surface area contributed by atoms with E-state index in [-0.39, 0.29) is 11.8 Å². The Labute approximate surface area is 130 Å². The van der Waals surface area contributed by atoms with Gasteiger partial charge in [-0.25, -0.2) is 13.4 Å². The van der Waals surface area contributed by atoms with Crippen molar-refractivity contribution >= 4 is 15.7 Å². The Hall–Kier alpha value is -2.39. The second kappa shape index (κ2) is 7.05. The van der Waals surface area contributed by atoms with Crippen molar-refractivity contribution in [2.75, 3.05) is 11.1 Å². The topological polar surface area (TPSA) is 82.9 Å². The predicted molar refractivity (Wildman–Crippen MR) is 85.1 cm³/mol. The van der Waals surface area contributed by atoms with Gasteiger partial charge in [0.1, 0.15) is 11.9 Å². The summed E-state index contributed by atoms with van der Waals surface area (Å²) >= 11 is 0. The lowest BCUT2D eigenvalue weighted by molar-refractivity contribution is 0.588. The van der Waals surface area contributed by atoms with Crippen LogP contribution in [0.15, 0.2) is 53.6 Å². The van der Waals surface area contributed by atoms with Gasteiger partial charge in [0.25, 0.3) is 0 Å². The van der Waals surface area contributed by atoms with Gasteiger partial charge in [-0.05, 0) is 30.7 Å². The lowest BCUT2D eigenvalue weighted by Gasteiger charge is -2.17. The molecule has 1 atom stereocenters. The molecule has 0 radical (unpaired) electrons. The van der Waals surface area contributed by atoms with Crippen LogP contribution in [0.5, 0.6) is 0 Å². The standard InChI is InChI=1S/C16H17N3O2S/c1-2-14(19-16-9-8-13(10-17)11-18-16)12-22(20,21)15-6-4-3-5-7-15/h3-9,11,14H,2,12H2,1H3,(H,18,19). The molecule has 1 aromatic heterocycles. The SMILES string of the molecule is CCC(CS(=O)(=O)c1ccccc1)Nc1ccc(C#N)cn1. The molecule has 1 unspecified atom stereocenters. The van der Waals surface area contributed by atoms with Crippen molar-refractivity contribution in [2.24, 2.45) is 0 Å². The second-order valence-electron chi connectivity index (χ2n) is 4.89. The zero-order valence-electron chi connectivity index (χ0n) is 12.2. The van der Waals surface area contributed by atoms with Crippen molar-refractivity contribution in [1.82, 2.24) is 4.98 Å². The van der Waals surface area contributed by atoms with Gasteiger partial charge in [0, 0.05) is 12.2 Å². The monoisotopic (exact) mass is 315 g/mol. The third-order valence-corrected chi connectivity index (χ3v) is 5.09. The summed E-state index contributed by atoms with van der Waals surface area (Å²) in [6.45, 7) is 1.92. The number of rotatable bonds is 6. The van der Waals surface area contributed by atoms with E-state index in [0.29, 0.717) is 22.7 Å². The highest BCUT2D eigenvalue weighted by molar-refractivity contribution is 7.91. The molecule has 2 rings (SSSR count). The first-order valence-electron chi connectivity index (χ1n) is 6.95. The fourth-order valence-corrected chi connectivity index (χ4v) is 3.62. The first-order valence-corrected chi connectivity index (χ1v) is 8.61. The molecule has 22 heavy (non-hydrogen) atoms. The summed E-state index contributed by atoms with van der Waals surface area (Å²) in [6, 6.07) is 13.5. The molecule has 5 nitrogen and oxygen atoms in total. The molecule has 1 heterocycles. The van der Waals surface area contributed by atoms with Crippen LogP contribution in [-0.4, -0.2) is 25.2 Å². The van der Waals surface area contributed by atoms with E-state index in [1.807, 2.05) is 13.0 Å². The van der Waals surface area contributed by atoms with Gasteiger partial charge in [-0.2, -0.15) is 5.26 Å². The first kappa shape index (κ1) is 16.0. The van der Waals surface area contributed by atoms with E-state index in [1.54, 1.807) is 42.5 Å². The Balaban J connectivity index is 2.10. The Kier molecular flexibility index (Phi) is 5.12. The molecule has 1 aromatic carbocycles. The van der Waals surface area contributed by atoms with Crippen molar-refractivity contribution in [3.05, 3.63) is 54.2 Å². The van der Waals surface area contributed by atoms with Crippen LogP contribution in [0, 0.1) is 11.3 Å². The maximum atomic E-state index is 12.4. The number of nitrogens with zero attached hydrogens (tertiary/aromatic N) is 2. The minimum absolute atomic E-state index is 0.00477. The Morgan fingerprint density at radius 1 is 1.23 bits per heavy atom. The summed E-state index contributed by atoms with van der Waals surface area (Å²) in [5.41, 5.74) is 0.468. The Bertz CT molecular complexity index is 750. The predicted octanol–water partition coefficient (Wildman–Crippen LogP) is 2.62. The number of aromatic nitrogens is 1. The first-order chi connectivity index (χ1) is 10.5. The van der Waals surface area contributed by atoms with E-state index in [4.69, 9.17) is 5.26 Å². The highest BCUT2D eigenvalue weighted by Gasteiger charge is 2.20. The molecule has 0 bridgehead atoms. The highest BCUT2D eigenvalue weighted by Crippen LogP contribution is 2.15. The summed E-state index contributed by atoms with van der Waals surface area (Å²) in [5.74, 6) is 0.559. The summed E-state index contributed by atoms with van der Waals surface area (Å²) in [4.78, 5) is 4.43. The normalized spacial score (nSPS) is 12.4. The molecule has 0 spiro atoms. The molecule has 0 saturated carbocycles. The second-order valence-corrected chi connectivity index (χ2v) is 6.92. The van der Waals surface area contributed by atoms with Crippen molar-refractivity contribution < 1.29 is 8.42 Å².